The van der Waals surface area contributed by atoms with Crippen LogP contribution in [0.1, 0.15) is 23.1 Å². The molecule has 4 N–H and O–H groups in total. The Hall–Kier alpha value is -4.76. The van der Waals surface area contributed by atoms with Crippen LogP contribution in [0.15, 0.2) is 42.7 Å². The minimum absolute atomic E-state index is 0.255. The lowest BCUT2D eigenvalue weighted by molar-refractivity contribution is -0.193. The highest BCUT2D eigenvalue weighted by atomic mass is 19.4. The fourth-order valence-electron chi connectivity index (χ4n) is 3.43. The molecule has 0 bridgehead atoms. The lowest BCUT2D eigenvalue weighted by atomic mass is 9.98. The Morgan fingerprint density at radius 3 is 2.08 bits per heavy atom. The second kappa shape index (κ2) is 11.5. The molecule has 1 unspecified atom stereocenters. The fraction of sp³-hybridized carbons (Fsp3) is 0.250. The molecule has 0 spiro atoms. The first kappa shape index (κ1) is 29.8. The smallest absolute Gasteiger partial charge is 0.485 e. The number of hydrogen-bond acceptors (Lipinski definition) is 6. The number of hydrogen-bond donors (Lipinski definition) is 4. The van der Waals surface area contributed by atoms with Gasteiger partial charge < -0.3 is 24.7 Å². The average molecular weight is 574 g/mol. The molecule has 0 fully saturated rings. The number of para-hydroxylation sites is 2. The van der Waals surface area contributed by atoms with Gasteiger partial charge in [-0.1, -0.05) is 12.1 Å². The number of aromatic amines is 2. The third-order valence-corrected chi connectivity index (χ3v) is 5.47. The molecule has 214 valence electrons. The first-order valence-electron chi connectivity index (χ1n) is 11.1. The van der Waals surface area contributed by atoms with E-state index in [1.807, 2.05) is 36.7 Å². The second-order valence-corrected chi connectivity index (χ2v) is 8.15. The molecule has 10 nitrogen and oxygen atoms in total. The van der Waals surface area contributed by atoms with Gasteiger partial charge in [-0.3, -0.25) is 5.10 Å². The number of carboxylic acids is 2. The van der Waals surface area contributed by atoms with Crippen LogP contribution in [-0.4, -0.2) is 61.3 Å². The molecule has 1 atom stereocenters. The van der Waals surface area contributed by atoms with E-state index in [0.29, 0.717) is 6.61 Å². The number of rotatable bonds is 2. The van der Waals surface area contributed by atoms with E-state index in [1.165, 1.54) is 5.56 Å². The molecule has 0 radical (unpaired) electrons. The van der Waals surface area contributed by atoms with Crippen molar-refractivity contribution in [1.29, 1.82) is 0 Å². The van der Waals surface area contributed by atoms with Crippen molar-refractivity contribution in [3.05, 3.63) is 59.7 Å². The topological polar surface area (TPSA) is 150 Å². The maximum Gasteiger partial charge on any atom is 0.490 e. The Morgan fingerprint density at radius 2 is 1.55 bits per heavy atom. The standard InChI is InChI=1S/C20H18N4O2.2C2HF3O2/c1-11-12(2)19-15(7-14(11)13-8-21-22-9-13)23-20(24-19)18-10-25-16-5-3-4-6-17(16)26-18;2*3-2(4,5)1(6)7/h3-9,18H,10H2,1-2H3,(H,21,22)(H,23,24);2*(H,6,7). The van der Waals surface area contributed by atoms with Crippen LogP contribution in [0.25, 0.3) is 22.2 Å². The number of carboxylic acid groups (broad SMARTS) is 2. The average Bonchev–Trinajstić information content (AvgIpc) is 3.56. The number of nitrogens with zero attached hydrogens (tertiary/aromatic N) is 2. The first-order chi connectivity index (χ1) is 18.6. The van der Waals surface area contributed by atoms with E-state index in [4.69, 9.17) is 34.3 Å². The van der Waals surface area contributed by atoms with Crippen LogP contribution in [0.2, 0.25) is 0 Å². The van der Waals surface area contributed by atoms with Crippen molar-refractivity contribution in [2.45, 2.75) is 32.3 Å². The fourth-order valence-corrected chi connectivity index (χ4v) is 3.43. The van der Waals surface area contributed by atoms with Gasteiger partial charge in [0.2, 0.25) is 0 Å². The third-order valence-electron chi connectivity index (χ3n) is 5.47. The van der Waals surface area contributed by atoms with Crippen molar-refractivity contribution in [3.63, 3.8) is 0 Å². The molecule has 16 heteroatoms. The normalized spacial score (nSPS) is 14.4. The second-order valence-electron chi connectivity index (χ2n) is 8.15. The van der Waals surface area contributed by atoms with E-state index in [-0.39, 0.29) is 6.10 Å². The molecule has 1 aliphatic heterocycles. The maximum absolute atomic E-state index is 10.6. The number of benzene rings is 2. The Labute approximate surface area is 220 Å². The minimum Gasteiger partial charge on any atom is -0.485 e. The predicted octanol–water partition coefficient (Wildman–Crippen LogP) is 5.35. The van der Waals surface area contributed by atoms with Gasteiger partial charge >= 0.3 is 24.3 Å². The first-order valence-corrected chi connectivity index (χ1v) is 11.1. The van der Waals surface area contributed by atoms with Gasteiger partial charge in [0, 0.05) is 11.8 Å². The van der Waals surface area contributed by atoms with Gasteiger partial charge in [-0.2, -0.15) is 31.4 Å². The molecule has 2 aromatic heterocycles. The summed E-state index contributed by atoms with van der Waals surface area (Å²) in [5, 5.41) is 21.2. The number of aryl methyl sites for hydroxylation is 1. The highest BCUT2D eigenvalue weighted by Crippen LogP contribution is 2.37. The maximum atomic E-state index is 10.6. The third kappa shape index (κ3) is 7.00. The molecule has 40 heavy (non-hydrogen) atoms. The Balaban J connectivity index is 0.000000263. The Kier molecular flexibility index (Phi) is 8.60. The van der Waals surface area contributed by atoms with Crippen molar-refractivity contribution in [2.75, 3.05) is 6.61 Å². The van der Waals surface area contributed by atoms with Crippen molar-refractivity contribution in [3.8, 4) is 22.6 Å². The number of imidazole rings is 1. The van der Waals surface area contributed by atoms with Crippen molar-refractivity contribution in [2.24, 2.45) is 0 Å². The van der Waals surface area contributed by atoms with E-state index in [1.54, 1.807) is 0 Å². The van der Waals surface area contributed by atoms with Crippen molar-refractivity contribution in [1.82, 2.24) is 20.2 Å². The molecular weight excluding hydrogens is 554 g/mol. The highest BCUT2D eigenvalue weighted by Gasteiger charge is 2.38. The molecule has 0 amide bonds. The molecule has 0 aliphatic carbocycles. The number of carbonyl (C=O) groups is 2. The van der Waals surface area contributed by atoms with E-state index in [2.05, 4.69) is 35.1 Å². The van der Waals surface area contributed by atoms with Crippen LogP contribution in [0, 0.1) is 13.8 Å². The van der Waals surface area contributed by atoms with Crippen LogP contribution in [0.3, 0.4) is 0 Å². The van der Waals surface area contributed by atoms with Crippen LogP contribution < -0.4 is 9.47 Å². The SMILES string of the molecule is Cc1c(-c2cn[nH]c2)cc2[nH]c(C3COc4ccccc4O3)nc2c1C.O=C(O)C(F)(F)F.O=C(O)C(F)(F)F. The summed E-state index contributed by atoms with van der Waals surface area (Å²) in [7, 11) is 0. The largest absolute Gasteiger partial charge is 0.490 e. The molecule has 0 saturated heterocycles. The minimum atomic E-state index is -5.08. The zero-order valence-electron chi connectivity index (χ0n) is 20.5. The van der Waals surface area contributed by atoms with E-state index in [0.717, 1.165) is 45.0 Å². The highest BCUT2D eigenvalue weighted by molar-refractivity contribution is 5.87. The lowest BCUT2D eigenvalue weighted by Crippen LogP contribution is -2.22. The van der Waals surface area contributed by atoms with E-state index in [9.17, 15) is 26.3 Å². The van der Waals surface area contributed by atoms with Crippen LogP contribution in [0.5, 0.6) is 11.5 Å². The van der Waals surface area contributed by atoms with Crippen molar-refractivity contribution < 1.29 is 55.6 Å². The lowest BCUT2D eigenvalue weighted by Gasteiger charge is -2.24. The Bertz CT molecular complexity index is 1470. The number of aromatic nitrogens is 4. The zero-order chi connectivity index (χ0) is 29.8. The van der Waals surface area contributed by atoms with Crippen molar-refractivity contribution >= 4 is 23.0 Å². The molecule has 1 aliphatic rings. The van der Waals surface area contributed by atoms with Crippen LogP contribution in [-0.2, 0) is 9.59 Å². The van der Waals surface area contributed by atoms with Crippen LogP contribution in [0.4, 0.5) is 26.3 Å². The molecule has 0 saturated carbocycles. The van der Waals surface area contributed by atoms with Gasteiger partial charge in [0.1, 0.15) is 6.61 Å². The number of H-pyrrole nitrogens is 2. The number of fused-ring (bicyclic) bond motifs is 2. The summed E-state index contributed by atoms with van der Waals surface area (Å²) < 4.78 is 75.4. The summed E-state index contributed by atoms with van der Waals surface area (Å²) in [5.41, 5.74) is 6.51. The van der Waals surface area contributed by atoms with Gasteiger partial charge in [0.25, 0.3) is 0 Å². The summed E-state index contributed by atoms with van der Waals surface area (Å²) in [5.74, 6) is -3.22. The van der Waals surface area contributed by atoms with Gasteiger partial charge in [-0.25, -0.2) is 14.6 Å². The number of halogens is 6. The number of alkyl halides is 6. The number of aliphatic carboxylic acids is 2. The monoisotopic (exact) mass is 574 g/mol. The summed E-state index contributed by atoms with van der Waals surface area (Å²) in [4.78, 5) is 26.0. The van der Waals surface area contributed by atoms with Gasteiger partial charge in [0.05, 0.1) is 17.2 Å². The molecule has 3 heterocycles. The number of nitrogens with one attached hydrogen (secondary N) is 2. The van der Waals surface area contributed by atoms with Gasteiger partial charge in [-0.15, -0.1) is 0 Å². The molecular formula is C24H20F6N4O6. The number of ether oxygens (including phenoxy) is 2. The predicted molar refractivity (Wildman–Crippen MR) is 126 cm³/mol. The summed E-state index contributed by atoms with van der Waals surface area (Å²) in [6, 6.07) is 9.82. The molecule has 2 aromatic carbocycles. The summed E-state index contributed by atoms with van der Waals surface area (Å²) in [6.07, 6.45) is -6.69. The molecule has 4 aromatic rings. The Morgan fingerprint density at radius 1 is 0.975 bits per heavy atom. The van der Waals surface area contributed by atoms with Crippen LogP contribution >= 0.6 is 0 Å². The van der Waals surface area contributed by atoms with Gasteiger partial charge in [0.15, 0.2) is 23.4 Å². The summed E-state index contributed by atoms with van der Waals surface area (Å²) >= 11 is 0. The van der Waals surface area contributed by atoms with Gasteiger partial charge in [-0.05, 0) is 48.7 Å². The summed E-state index contributed by atoms with van der Waals surface area (Å²) in [6.45, 7) is 4.64. The van der Waals surface area contributed by atoms with E-state index >= 15 is 0 Å². The van der Waals surface area contributed by atoms with E-state index < -0.39 is 24.3 Å². The molecule has 5 rings (SSSR count). The quantitative estimate of drug-likeness (QED) is 0.234. The zero-order valence-corrected chi connectivity index (χ0v) is 20.5.